The summed E-state index contributed by atoms with van der Waals surface area (Å²) in [5.41, 5.74) is 0.699. The molecule has 20 heavy (non-hydrogen) atoms. The lowest BCUT2D eigenvalue weighted by molar-refractivity contribution is 0.0690. The van der Waals surface area contributed by atoms with E-state index < -0.39 is 5.97 Å². The van der Waals surface area contributed by atoms with E-state index in [1.165, 1.54) is 6.07 Å². The Morgan fingerprint density at radius 3 is 2.90 bits per heavy atom. The molecule has 1 aromatic rings. The van der Waals surface area contributed by atoms with Crippen molar-refractivity contribution in [1.82, 2.24) is 14.9 Å². The minimum Gasteiger partial charge on any atom is -0.477 e. The Balaban J connectivity index is 1.93. The highest BCUT2D eigenvalue weighted by molar-refractivity contribution is 5.85. The highest BCUT2D eigenvalue weighted by Gasteiger charge is 2.24. The molecule has 2 N–H and O–H groups in total. The van der Waals surface area contributed by atoms with E-state index in [1.807, 2.05) is 0 Å². The van der Waals surface area contributed by atoms with Gasteiger partial charge in [0.2, 0.25) is 5.95 Å². The molecule has 0 aliphatic carbocycles. The molecule has 0 spiro atoms. The van der Waals surface area contributed by atoms with Crippen LogP contribution in [0.4, 0.5) is 5.95 Å². The maximum Gasteiger partial charge on any atom is 0.354 e. The van der Waals surface area contributed by atoms with Gasteiger partial charge in [-0.05, 0) is 45.7 Å². The maximum absolute atomic E-state index is 11.0. The number of carboxylic acids is 1. The second kappa shape index (κ2) is 6.17. The second-order valence-electron chi connectivity index (χ2n) is 5.65. The Kier molecular flexibility index (Phi) is 4.54. The summed E-state index contributed by atoms with van der Waals surface area (Å²) >= 11 is 0. The van der Waals surface area contributed by atoms with Crippen LogP contribution in [0.1, 0.15) is 36.5 Å². The number of hydrogen-bond acceptors (Lipinski definition) is 5. The fourth-order valence-electron chi connectivity index (χ4n) is 2.49. The van der Waals surface area contributed by atoms with Gasteiger partial charge in [-0.3, -0.25) is 0 Å². The zero-order chi connectivity index (χ0) is 14.7. The number of rotatable bonds is 5. The Labute approximate surface area is 119 Å². The number of nitrogens with one attached hydrogen (secondary N) is 1. The summed E-state index contributed by atoms with van der Waals surface area (Å²) in [7, 11) is 0. The molecular formula is C14H22N4O2. The lowest BCUT2D eigenvalue weighted by Crippen LogP contribution is -2.29. The number of aromatic nitrogens is 2. The van der Waals surface area contributed by atoms with Crippen molar-refractivity contribution in [1.29, 1.82) is 0 Å². The van der Waals surface area contributed by atoms with E-state index in [1.54, 1.807) is 6.92 Å². The molecule has 2 heterocycles. The van der Waals surface area contributed by atoms with E-state index in [2.05, 4.69) is 34.0 Å². The molecule has 0 saturated carbocycles. The first-order valence-electron chi connectivity index (χ1n) is 7.02. The normalized spacial score (nSPS) is 19.5. The summed E-state index contributed by atoms with van der Waals surface area (Å²) in [5.74, 6) is -0.0504. The summed E-state index contributed by atoms with van der Waals surface area (Å²) < 4.78 is 0. The summed E-state index contributed by atoms with van der Waals surface area (Å²) in [6.45, 7) is 9.17. The molecule has 0 bridgehead atoms. The first-order chi connectivity index (χ1) is 9.45. The summed E-state index contributed by atoms with van der Waals surface area (Å²) in [5, 5.41) is 12.2. The van der Waals surface area contributed by atoms with Gasteiger partial charge in [-0.1, -0.05) is 0 Å². The molecule has 1 saturated heterocycles. The van der Waals surface area contributed by atoms with Gasteiger partial charge in [0.25, 0.3) is 0 Å². The summed E-state index contributed by atoms with van der Waals surface area (Å²) in [4.78, 5) is 21.7. The van der Waals surface area contributed by atoms with E-state index in [-0.39, 0.29) is 5.69 Å². The van der Waals surface area contributed by atoms with Crippen LogP contribution in [0, 0.1) is 12.8 Å². The number of anilines is 1. The van der Waals surface area contributed by atoms with Gasteiger partial charge in [0.15, 0.2) is 5.69 Å². The van der Waals surface area contributed by atoms with E-state index >= 15 is 0 Å². The molecule has 0 amide bonds. The highest BCUT2D eigenvalue weighted by Crippen LogP contribution is 2.18. The third-order valence-corrected chi connectivity index (χ3v) is 3.67. The number of aryl methyl sites for hydroxylation is 1. The summed E-state index contributed by atoms with van der Waals surface area (Å²) in [6, 6.07) is 2.05. The van der Waals surface area contributed by atoms with Crippen LogP contribution in [0.2, 0.25) is 0 Å². The molecule has 2 rings (SSSR count). The number of hydrogen-bond donors (Lipinski definition) is 2. The Morgan fingerprint density at radius 2 is 2.30 bits per heavy atom. The Bertz CT molecular complexity index is 490. The van der Waals surface area contributed by atoms with Crippen LogP contribution in [-0.4, -0.2) is 51.6 Å². The zero-order valence-electron chi connectivity index (χ0n) is 12.3. The number of aromatic carboxylic acids is 1. The van der Waals surface area contributed by atoms with Crippen LogP contribution >= 0.6 is 0 Å². The number of carbonyl (C=O) groups is 1. The smallest absolute Gasteiger partial charge is 0.354 e. The van der Waals surface area contributed by atoms with Crippen LogP contribution in [0.3, 0.4) is 0 Å². The first kappa shape index (κ1) is 14.7. The van der Waals surface area contributed by atoms with Crippen molar-refractivity contribution in [2.75, 3.05) is 25.0 Å². The first-order valence-corrected chi connectivity index (χ1v) is 7.02. The largest absolute Gasteiger partial charge is 0.477 e. The minimum absolute atomic E-state index is 0.0372. The molecule has 0 aromatic carbocycles. The molecule has 110 valence electrons. The van der Waals surface area contributed by atoms with Gasteiger partial charge in [-0.25, -0.2) is 14.8 Å². The molecule has 1 aromatic heterocycles. The van der Waals surface area contributed by atoms with Gasteiger partial charge in [-0.15, -0.1) is 0 Å². The molecule has 0 radical (unpaired) electrons. The lowest BCUT2D eigenvalue weighted by atomic mass is 10.1. The zero-order valence-corrected chi connectivity index (χ0v) is 12.3. The molecule has 6 heteroatoms. The van der Waals surface area contributed by atoms with Gasteiger partial charge in [0, 0.05) is 24.8 Å². The maximum atomic E-state index is 11.0. The average molecular weight is 278 g/mol. The standard InChI is InChI=1S/C14H22N4O2/c1-9(2)18-5-4-11(8-18)7-15-14-16-10(3)6-12(17-14)13(19)20/h6,9,11H,4-5,7-8H2,1-3H3,(H,19,20)(H,15,16,17). The van der Waals surface area contributed by atoms with Crippen LogP contribution in [0.5, 0.6) is 0 Å². The lowest BCUT2D eigenvalue weighted by Gasteiger charge is -2.20. The van der Waals surface area contributed by atoms with Crippen LogP contribution in [0.25, 0.3) is 0 Å². The highest BCUT2D eigenvalue weighted by atomic mass is 16.4. The Hall–Kier alpha value is -1.69. The molecule has 1 aliphatic rings. The van der Waals surface area contributed by atoms with Crippen molar-refractivity contribution >= 4 is 11.9 Å². The summed E-state index contributed by atoms with van der Waals surface area (Å²) in [6.07, 6.45) is 1.16. The fourth-order valence-corrected chi connectivity index (χ4v) is 2.49. The van der Waals surface area contributed by atoms with Crippen molar-refractivity contribution in [2.45, 2.75) is 33.2 Å². The van der Waals surface area contributed by atoms with Crippen molar-refractivity contribution in [3.05, 3.63) is 17.5 Å². The molecule has 1 fully saturated rings. The topological polar surface area (TPSA) is 78.3 Å². The van der Waals surface area contributed by atoms with E-state index in [0.29, 0.717) is 23.6 Å². The van der Waals surface area contributed by atoms with Crippen LogP contribution in [-0.2, 0) is 0 Å². The van der Waals surface area contributed by atoms with Gasteiger partial charge >= 0.3 is 5.97 Å². The van der Waals surface area contributed by atoms with E-state index in [4.69, 9.17) is 5.11 Å². The van der Waals surface area contributed by atoms with Gasteiger partial charge in [0.05, 0.1) is 0 Å². The van der Waals surface area contributed by atoms with Gasteiger partial charge < -0.3 is 15.3 Å². The molecular weight excluding hydrogens is 256 g/mol. The number of likely N-dealkylation sites (tertiary alicyclic amines) is 1. The van der Waals surface area contributed by atoms with Crippen molar-refractivity contribution in [3.63, 3.8) is 0 Å². The SMILES string of the molecule is Cc1cc(C(=O)O)nc(NCC2CCN(C(C)C)C2)n1. The average Bonchev–Trinajstić information content (AvgIpc) is 2.84. The van der Waals surface area contributed by atoms with Gasteiger partial charge in [-0.2, -0.15) is 0 Å². The van der Waals surface area contributed by atoms with Gasteiger partial charge in [0.1, 0.15) is 0 Å². The predicted octanol–water partition coefficient (Wildman–Crippen LogP) is 1.63. The van der Waals surface area contributed by atoms with Crippen molar-refractivity contribution < 1.29 is 9.90 Å². The monoisotopic (exact) mass is 278 g/mol. The van der Waals surface area contributed by atoms with Crippen molar-refractivity contribution in [2.24, 2.45) is 5.92 Å². The predicted molar refractivity (Wildman–Crippen MR) is 77.0 cm³/mol. The van der Waals surface area contributed by atoms with E-state index in [9.17, 15) is 4.79 Å². The molecule has 1 aliphatic heterocycles. The molecule has 1 unspecified atom stereocenters. The third kappa shape index (κ3) is 3.66. The van der Waals surface area contributed by atoms with Crippen molar-refractivity contribution in [3.8, 4) is 0 Å². The number of nitrogens with zero attached hydrogens (tertiary/aromatic N) is 3. The minimum atomic E-state index is -1.02. The second-order valence-corrected chi connectivity index (χ2v) is 5.65. The molecule has 6 nitrogen and oxygen atoms in total. The van der Waals surface area contributed by atoms with Crippen LogP contribution < -0.4 is 5.32 Å². The van der Waals surface area contributed by atoms with Crippen LogP contribution in [0.15, 0.2) is 6.07 Å². The Morgan fingerprint density at radius 1 is 1.55 bits per heavy atom. The molecule has 1 atom stereocenters. The quantitative estimate of drug-likeness (QED) is 0.852. The van der Waals surface area contributed by atoms with E-state index in [0.717, 1.165) is 26.1 Å². The number of carboxylic acid groups (broad SMARTS) is 1. The fraction of sp³-hybridized carbons (Fsp3) is 0.643. The third-order valence-electron chi connectivity index (χ3n) is 3.67.